The van der Waals surface area contributed by atoms with E-state index in [9.17, 15) is 0 Å². The predicted molar refractivity (Wildman–Crippen MR) is 65.6 cm³/mol. The molecule has 1 N–H and O–H groups in total. The molecule has 1 rings (SSSR count). The summed E-state index contributed by atoms with van der Waals surface area (Å²) in [5, 5.41) is 4.09. The molecule has 0 unspecified atom stereocenters. The average Bonchev–Trinajstić information content (AvgIpc) is 2.21. The second kappa shape index (κ2) is 5.38. The molecule has 3 heteroatoms. The average molecular weight is 228 g/mol. The largest absolute Gasteiger partial charge is 0.385 e. The van der Waals surface area contributed by atoms with Crippen LogP contribution >= 0.6 is 11.6 Å². The van der Waals surface area contributed by atoms with Crippen molar-refractivity contribution in [1.29, 1.82) is 0 Å². The lowest BCUT2D eigenvalue weighted by atomic mass is 10.1. The molecule has 0 spiro atoms. The SMILES string of the molecule is COC(C)(C)CCNc1ccc(Cl)cc1. The fourth-order valence-electron chi connectivity index (χ4n) is 1.18. The van der Waals surface area contributed by atoms with E-state index in [4.69, 9.17) is 16.3 Å². The Morgan fingerprint density at radius 2 is 1.87 bits per heavy atom. The Balaban J connectivity index is 2.35. The van der Waals surface area contributed by atoms with E-state index >= 15 is 0 Å². The zero-order valence-electron chi connectivity index (χ0n) is 9.51. The smallest absolute Gasteiger partial charge is 0.0639 e. The normalized spacial score (nSPS) is 11.5. The first-order valence-corrected chi connectivity index (χ1v) is 5.46. The van der Waals surface area contributed by atoms with Crippen LogP contribution in [0.5, 0.6) is 0 Å². The van der Waals surface area contributed by atoms with Crippen LogP contribution in [0.1, 0.15) is 20.3 Å². The number of nitrogens with one attached hydrogen (secondary N) is 1. The van der Waals surface area contributed by atoms with Gasteiger partial charge in [-0.15, -0.1) is 0 Å². The third kappa shape index (κ3) is 4.54. The third-order valence-electron chi connectivity index (χ3n) is 2.45. The van der Waals surface area contributed by atoms with Gasteiger partial charge in [-0.2, -0.15) is 0 Å². The zero-order valence-corrected chi connectivity index (χ0v) is 10.3. The van der Waals surface area contributed by atoms with E-state index in [0.29, 0.717) is 0 Å². The molecule has 0 amide bonds. The van der Waals surface area contributed by atoms with Gasteiger partial charge in [-0.25, -0.2) is 0 Å². The molecule has 15 heavy (non-hydrogen) atoms. The van der Waals surface area contributed by atoms with Crippen LogP contribution in [-0.2, 0) is 4.74 Å². The second-order valence-electron chi connectivity index (χ2n) is 4.15. The summed E-state index contributed by atoms with van der Waals surface area (Å²) in [5.41, 5.74) is 1.02. The molecule has 1 aromatic carbocycles. The summed E-state index contributed by atoms with van der Waals surface area (Å²) < 4.78 is 5.33. The van der Waals surface area contributed by atoms with Crippen LogP contribution in [0, 0.1) is 0 Å². The number of ether oxygens (including phenoxy) is 1. The first-order chi connectivity index (χ1) is 7.03. The molecule has 0 aliphatic rings. The van der Waals surface area contributed by atoms with Gasteiger partial charge in [0.2, 0.25) is 0 Å². The molecular weight excluding hydrogens is 210 g/mol. The second-order valence-corrected chi connectivity index (χ2v) is 4.58. The Hall–Kier alpha value is -0.730. The monoisotopic (exact) mass is 227 g/mol. The van der Waals surface area contributed by atoms with E-state index in [2.05, 4.69) is 19.2 Å². The number of anilines is 1. The van der Waals surface area contributed by atoms with Gasteiger partial charge in [-0.1, -0.05) is 11.6 Å². The minimum atomic E-state index is -0.0700. The first kappa shape index (κ1) is 12.3. The summed E-state index contributed by atoms with van der Waals surface area (Å²) in [6, 6.07) is 7.71. The van der Waals surface area contributed by atoms with E-state index < -0.39 is 0 Å². The van der Waals surface area contributed by atoms with Crippen LogP contribution in [0.3, 0.4) is 0 Å². The molecule has 0 radical (unpaired) electrons. The number of rotatable bonds is 5. The number of hydrogen-bond acceptors (Lipinski definition) is 2. The van der Waals surface area contributed by atoms with Crippen molar-refractivity contribution in [2.45, 2.75) is 25.9 Å². The highest BCUT2D eigenvalue weighted by molar-refractivity contribution is 6.30. The third-order valence-corrected chi connectivity index (χ3v) is 2.70. The van der Waals surface area contributed by atoms with Crippen LogP contribution in [-0.4, -0.2) is 19.3 Å². The lowest BCUT2D eigenvalue weighted by Gasteiger charge is -2.23. The summed E-state index contributed by atoms with van der Waals surface area (Å²) in [4.78, 5) is 0. The van der Waals surface area contributed by atoms with Crippen molar-refractivity contribution in [1.82, 2.24) is 0 Å². The van der Waals surface area contributed by atoms with Gasteiger partial charge in [-0.05, 0) is 44.5 Å². The van der Waals surface area contributed by atoms with Crippen molar-refractivity contribution >= 4 is 17.3 Å². The molecule has 0 heterocycles. The standard InChI is InChI=1S/C12H18ClNO/c1-12(2,15-3)8-9-14-11-6-4-10(13)5-7-11/h4-7,14H,8-9H2,1-3H3. The van der Waals surface area contributed by atoms with Gasteiger partial charge in [0, 0.05) is 24.4 Å². The fourth-order valence-corrected chi connectivity index (χ4v) is 1.30. The van der Waals surface area contributed by atoms with Gasteiger partial charge in [0.1, 0.15) is 0 Å². The Bertz CT molecular complexity index is 295. The van der Waals surface area contributed by atoms with Crippen LogP contribution in [0.25, 0.3) is 0 Å². The van der Waals surface area contributed by atoms with E-state index in [1.54, 1.807) is 7.11 Å². The van der Waals surface area contributed by atoms with Gasteiger partial charge in [0.15, 0.2) is 0 Å². The van der Waals surface area contributed by atoms with Gasteiger partial charge in [0.05, 0.1) is 5.60 Å². The lowest BCUT2D eigenvalue weighted by Crippen LogP contribution is -2.25. The van der Waals surface area contributed by atoms with Crippen LogP contribution in [0.4, 0.5) is 5.69 Å². The quantitative estimate of drug-likeness (QED) is 0.831. The van der Waals surface area contributed by atoms with Crippen molar-refractivity contribution in [3.63, 3.8) is 0 Å². The summed E-state index contributed by atoms with van der Waals surface area (Å²) >= 11 is 5.79. The molecule has 1 aromatic rings. The summed E-state index contributed by atoms with van der Waals surface area (Å²) in [7, 11) is 1.74. The summed E-state index contributed by atoms with van der Waals surface area (Å²) in [6.45, 7) is 5.05. The number of methoxy groups -OCH3 is 1. The minimum Gasteiger partial charge on any atom is -0.385 e. The van der Waals surface area contributed by atoms with Crippen molar-refractivity contribution in [2.24, 2.45) is 0 Å². The minimum absolute atomic E-state index is 0.0700. The van der Waals surface area contributed by atoms with Gasteiger partial charge in [0.25, 0.3) is 0 Å². The van der Waals surface area contributed by atoms with Gasteiger partial charge in [-0.3, -0.25) is 0 Å². The Morgan fingerprint density at radius 3 is 2.40 bits per heavy atom. The number of halogens is 1. The van der Waals surface area contributed by atoms with Crippen LogP contribution in [0.2, 0.25) is 5.02 Å². The molecule has 0 saturated carbocycles. The van der Waals surface area contributed by atoms with Crippen molar-refractivity contribution < 1.29 is 4.74 Å². The molecule has 84 valence electrons. The van der Waals surface area contributed by atoms with Crippen LogP contribution in [0.15, 0.2) is 24.3 Å². The van der Waals surface area contributed by atoms with Crippen molar-refractivity contribution in [2.75, 3.05) is 19.0 Å². The van der Waals surface area contributed by atoms with Gasteiger partial charge >= 0.3 is 0 Å². The fraction of sp³-hybridized carbons (Fsp3) is 0.500. The highest BCUT2D eigenvalue weighted by Gasteiger charge is 2.14. The molecule has 0 fully saturated rings. The lowest BCUT2D eigenvalue weighted by molar-refractivity contribution is 0.0185. The molecule has 0 atom stereocenters. The number of hydrogen-bond donors (Lipinski definition) is 1. The molecule has 0 aliphatic heterocycles. The van der Waals surface area contributed by atoms with E-state index in [-0.39, 0.29) is 5.60 Å². The van der Waals surface area contributed by atoms with E-state index in [1.807, 2.05) is 24.3 Å². The Morgan fingerprint density at radius 1 is 1.27 bits per heavy atom. The van der Waals surface area contributed by atoms with E-state index in [0.717, 1.165) is 23.7 Å². The zero-order chi connectivity index (χ0) is 11.3. The molecule has 0 saturated heterocycles. The Kier molecular flexibility index (Phi) is 4.43. The van der Waals surface area contributed by atoms with Gasteiger partial charge < -0.3 is 10.1 Å². The maximum absolute atomic E-state index is 5.79. The number of benzene rings is 1. The molecule has 0 aliphatic carbocycles. The summed E-state index contributed by atoms with van der Waals surface area (Å²) in [6.07, 6.45) is 0.964. The molecule has 0 bridgehead atoms. The Labute approximate surface area is 96.6 Å². The summed E-state index contributed by atoms with van der Waals surface area (Å²) in [5.74, 6) is 0. The topological polar surface area (TPSA) is 21.3 Å². The maximum atomic E-state index is 5.79. The molecular formula is C12H18ClNO. The first-order valence-electron chi connectivity index (χ1n) is 5.08. The highest BCUT2D eigenvalue weighted by atomic mass is 35.5. The highest BCUT2D eigenvalue weighted by Crippen LogP contribution is 2.16. The van der Waals surface area contributed by atoms with Crippen LogP contribution < -0.4 is 5.32 Å². The van der Waals surface area contributed by atoms with E-state index in [1.165, 1.54) is 0 Å². The molecule has 0 aromatic heterocycles. The van der Waals surface area contributed by atoms with Crippen molar-refractivity contribution in [3.8, 4) is 0 Å². The maximum Gasteiger partial charge on any atom is 0.0639 e. The van der Waals surface area contributed by atoms with Crippen molar-refractivity contribution in [3.05, 3.63) is 29.3 Å². The predicted octanol–water partition coefficient (Wildman–Crippen LogP) is 3.57. The molecule has 2 nitrogen and oxygen atoms in total.